The molecule has 0 saturated carbocycles. The first-order valence-corrected chi connectivity index (χ1v) is 10.1. The van der Waals surface area contributed by atoms with E-state index in [2.05, 4.69) is 15.6 Å². The van der Waals surface area contributed by atoms with E-state index in [1.165, 1.54) is 13.3 Å². The third-order valence-corrected chi connectivity index (χ3v) is 5.32. The highest BCUT2D eigenvalue weighted by molar-refractivity contribution is 6.08. The number of aryl methyl sites for hydroxylation is 3. The third-order valence-electron chi connectivity index (χ3n) is 5.32. The Balaban J connectivity index is 1.57. The van der Waals surface area contributed by atoms with Crippen LogP contribution in [0.25, 0.3) is 11.0 Å². The standard InChI is InChI=1S/C25H23N3O4/c1-14-7-8-15(2)22-21(14)16(3)23(32-22)25(30)27-18-9-10-19(20(12-18)31-4)28-24(29)17-6-5-11-26-13-17/h5-13H,1-4H3,(H,27,30)(H,28,29). The second kappa shape index (κ2) is 8.55. The van der Waals surface area contributed by atoms with Crippen molar-refractivity contribution in [2.75, 3.05) is 17.7 Å². The van der Waals surface area contributed by atoms with Gasteiger partial charge in [0.2, 0.25) is 0 Å². The van der Waals surface area contributed by atoms with Crippen LogP contribution in [0.2, 0.25) is 0 Å². The molecular formula is C25H23N3O4. The lowest BCUT2D eigenvalue weighted by Gasteiger charge is -2.12. The number of nitrogens with one attached hydrogen (secondary N) is 2. The maximum atomic E-state index is 13.0. The summed E-state index contributed by atoms with van der Waals surface area (Å²) in [7, 11) is 1.50. The fraction of sp³-hybridized carbons (Fsp3) is 0.160. The Labute approximate surface area is 185 Å². The number of methoxy groups -OCH3 is 1. The van der Waals surface area contributed by atoms with E-state index in [0.717, 1.165) is 27.7 Å². The number of rotatable bonds is 5. The van der Waals surface area contributed by atoms with Gasteiger partial charge in [0.15, 0.2) is 5.76 Å². The highest BCUT2D eigenvalue weighted by atomic mass is 16.5. The van der Waals surface area contributed by atoms with Crippen LogP contribution in [0.1, 0.15) is 37.6 Å². The van der Waals surface area contributed by atoms with Crippen molar-refractivity contribution in [3.8, 4) is 5.75 Å². The topological polar surface area (TPSA) is 93.5 Å². The molecule has 162 valence electrons. The van der Waals surface area contributed by atoms with Gasteiger partial charge < -0.3 is 19.8 Å². The summed E-state index contributed by atoms with van der Waals surface area (Å²) >= 11 is 0. The second-order valence-electron chi connectivity index (χ2n) is 7.52. The van der Waals surface area contributed by atoms with Gasteiger partial charge in [0.25, 0.3) is 11.8 Å². The van der Waals surface area contributed by atoms with Crippen LogP contribution in [0.5, 0.6) is 5.75 Å². The molecule has 0 radical (unpaired) electrons. The number of amides is 2. The van der Waals surface area contributed by atoms with Crippen LogP contribution >= 0.6 is 0 Å². The molecule has 7 heteroatoms. The molecule has 0 atom stereocenters. The maximum absolute atomic E-state index is 13.0. The Kier molecular flexibility index (Phi) is 5.64. The van der Waals surface area contributed by atoms with Gasteiger partial charge in [-0.15, -0.1) is 0 Å². The van der Waals surface area contributed by atoms with Crippen LogP contribution in [-0.2, 0) is 0 Å². The molecule has 2 heterocycles. The predicted molar refractivity (Wildman–Crippen MR) is 124 cm³/mol. The number of aromatic nitrogens is 1. The Morgan fingerprint density at radius 3 is 2.44 bits per heavy atom. The number of furan rings is 1. The summed E-state index contributed by atoms with van der Waals surface area (Å²) in [4.78, 5) is 29.3. The summed E-state index contributed by atoms with van der Waals surface area (Å²) in [5, 5.41) is 6.60. The average Bonchev–Trinajstić information content (AvgIpc) is 3.16. The van der Waals surface area contributed by atoms with Gasteiger partial charge in [-0.05, 0) is 56.2 Å². The normalized spacial score (nSPS) is 10.8. The van der Waals surface area contributed by atoms with Gasteiger partial charge in [0.05, 0.1) is 18.4 Å². The highest BCUT2D eigenvalue weighted by Crippen LogP contribution is 2.32. The first-order valence-electron chi connectivity index (χ1n) is 10.1. The first kappa shape index (κ1) is 21.1. The van der Waals surface area contributed by atoms with Gasteiger partial charge in [-0.2, -0.15) is 0 Å². The van der Waals surface area contributed by atoms with E-state index in [4.69, 9.17) is 9.15 Å². The van der Waals surface area contributed by atoms with Crippen LogP contribution in [0.15, 0.2) is 59.3 Å². The summed E-state index contributed by atoms with van der Waals surface area (Å²) in [6.07, 6.45) is 3.08. The van der Waals surface area contributed by atoms with E-state index in [9.17, 15) is 9.59 Å². The van der Waals surface area contributed by atoms with E-state index >= 15 is 0 Å². The van der Waals surface area contributed by atoms with Crippen molar-refractivity contribution < 1.29 is 18.7 Å². The number of hydrogen-bond donors (Lipinski definition) is 2. The predicted octanol–water partition coefficient (Wildman–Crippen LogP) is 5.27. The zero-order valence-electron chi connectivity index (χ0n) is 18.3. The summed E-state index contributed by atoms with van der Waals surface area (Å²) in [5.74, 6) is 0.0157. The zero-order chi connectivity index (χ0) is 22.8. The van der Waals surface area contributed by atoms with Crippen LogP contribution < -0.4 is 15.4 Å². The first-order chi connectivity index (χ1) is 15.4. The fourth-order valence-electron chi connectivity index (χ4n) is 3.64. The van der Waals surface area contributed by atoms with Crippen LogP contribution in [-0.4, -0.2) is 23.9 Å². The lowest BCUT2D eigenvalue weighted by molar-refractivity contribution is 0.0995. The molecule has 0 unspecified atom stereocenters. The van der Waals surface area contributed by atoms with Crippen LogP contribution in [0.3, 0.4) is 0 Å². The number of carbonyl (C=O) groups is 2. The number of fused-ring (bicyclic) bond motifs is 1. The number of nitrogens with zero attached hydrogens (tertiary/aromatic N) is 1. The fourth-order valence-corrected chi connectivity index (χ4v) is 3.64. The molecule has 32 heavy (non-hydrogen) atoms. The Morgan fingerprint density at radius 1 is 0.969 bits per heavy atom. The number of carbonyl (C=O) groups excluding carboxylic acids is 2. The van der Waals surface area contributed by atoms with Gasteiger partial charge in [0.1, 0.15) is 11.3 Å². The zero-order valence-corrected chi connectivity index (χ0v) is 18.3. The van der Waals surface area contributed by atoms with Crippen molar-refractivity contribution in [1.82, 2.24) is 4.98 Å². The van der Waals surface area contributed by atoms with Crippen molar-refractivity contribution in [2.24, 2.45) is 0 Å². The van der Waals surface area contributed by atoms with Crippen molar-refractivity contribution in [3.05, 3.63) is 82.9 Å². The lowest BCUT2D eigenvalue weighted by Crippen LogP contribution is -2.14. The number of pyridine rings is 1. The van der Waals surface area contributed by atoms with Gasteiger partial charge in [-0.1, -0.05) is 12.1 Å². The van der Waals surface area contributed by atoms with Crippen molar-refractivity contribution in [1.29, 1.82) is 0 Å². The second-order valence-corrected chi connectivity index (χ2v) is 7.52. The number of hydrogen-bond acceptors (Lipinski definition) is 5. The summed E-state index contributed by atoms with van der Waals surface area (Å²) in [5.41, 5.74) is 4.97. The largest absolute Gasteiger partial charge is 0.494 e. The van der Waals surface area contributed by atoms with Gasteiger partial charge >= 0.3 is 0 Å². The molecule has 0 aliphatic carbocycles. The molecule has 0 saturated heterocycles. The minimum atomic E-state index is -0.355. The number of benzene rings is 2. The highest BCUT2D eigenvalue weighted by Gasteiger charge is 2.20. The minimum Gasteiger partial charge on any atom is -0.494 e. The molecular weight excluding hydrogens is 406 g/mol. The maximum Gasteiger partial charge on any atom is 0.291 e. The smallest absolute Gasteiger partial charge is 0.291 e. The van der Waals surface area contributed by atoms with Crippen molar-refractivity contribution >= 4 is 34.2 Å². The Hall–Kier alpha value is -4.13. The summed E-state index contributed by atoms with van der Waals surface area (Å²) in [6, 6.07) is 12.4. The summed E-state index contributed by atoms with van der Waals surface area (Å²) < 4.78 is 11.3. The van der Waals surface area contributed by atoms with E-state index in [1.807, 2.05) is 32.9 Å². The van der Waals surface area contributed by atoms with Crippen molar-refractivity contribution in [3.63, 3.8) is 0 Å². The molecule has 0 aliphatic heterocycles. The molecule has 2 N–H and O–H groups in total. The van der Waals surface area contributed by atoms with Gasteiger partial charge in [-0.3, -0.25) is 14.6 Å². The Morgan fingerprint density at radius 2 is 1.75 bits per heavy atom. The van der Waals surface area contributed by atoms with Crippen LogP contribution in [0, 0.1) is 20.8 Å². The molecule has 0 aliphatic rings. The quantitative estimate of drug-likeness (QED) is 0.451. The van der Waals surface area contributed by atoms with Gasteiger partial charge in [0, 0.05) is 35.1 Å². The van der Waals surface area contributed by atoms with E-state index < -0.39 is 0 Å². The Bertz CT molecular complexity index is 1330. The monoisotopic (exact) mass is 429 g/mol. The number of anilines is 2. The third kappa shape index (κ3) is 3.92. The molecule has 7 nitrogen and oxygen atoms in total. The minimum absolute atomic E-state index is 0.269. The van der Waals surface area contributed by atoms with E-state index in [1.54, 1.807) is 36.5 Å². The molecule has 4 aromatic rings. The molecule has 2 amide bonds. The SMILES string of the molecule is COc1cc(NC(=O)c2oc3c(C)ccc(C)c3c2C)ccc1NC(=O)c1cccnc1. The molecule has 4 rings (SSSR count). The van der Waals surface area contributed by atoms with Gasteiger partial charge in [-0.25, -0.2) is 0 Å². The van der Waals surface area contributed by atoms with E-state index in [0.29, 0.717) is 22.7 Å². The van der Waals surface area contributed by atoms with Crippen molar-refractivity contribution in [2.45, 2.75) is 20.8 Å². The summed E-state index contributed by atoms with van der Waals surface area (Å²) in [6.45, 7) is 5.83. The molecule has 0 bridgehead atoms. The number of ether oxygens (including phenoxy) is 1. The molecule has 2 aromatic carbocycles. The molecule has 0 fully saturated rings. The molecule has 2 aromatic heterocycles. The van der Waals surface area contributed by atoms with E-state index in [-0.39, 0.29) is 17.6 Å². The average molecular weight is 429 g/mol. The lowest BCUT2D eigenvalue weighted by atomic mass is 10.0. The van der Waals surface area contributed by atoms with Crippen LogP contribution in [0.4, 0.5) is 11.4 Å². The molecule has 0 spiro atoms.